The molecule has 0 saturated heterocycles. The van der Waals surface area contributed by atoms with Crippen LogP contribution in [0.3, 0.4) is 0 Å². The number of hydrogen-bond acceptors (Lipinski definition) is 3. The molecule has 1 atom stereocenters. The van der Waals surface area contributed by atoms with Gasteiger partial charge in [-0.05, 0) is 47.1 Å². The molecule has 0 saturated carbocycles. The Morgan fingerprint density at radius 2 is 1.95 bits per heavy atom. The molecular formula is C17H16BrNO2. The number of benzene rings is 2. The number of methoxy groups -OCH3 is 1. The van der Waals surface area contributed by atoms with Crippen molar-refractivity contribution in [2.24, 2.45) is 0 Å². The van der Waals surface area contributed by atoms with Crippen molar-refractivity contribution < 1.29 is 9.15 Å². The normalized spacial score (nSPS) is 12.3. The van der Waals surface area contributed by atoms with Crippen molar-refractivity contribution >= 4 is 32.6 Å². The number of ether oxygens (including phenoxy) is 1. The maximum atomic E-state index is 5.89. The largest absolute Gasteiger partial charge is 0.497 e. The zero-order valence-electron chi connectivity index (χ0n) is 11.9. The molecule has 4 heteroatoms. The molecule has 1 aromatic heterocycles. The van der Waals surface area contributed by atoms with Crippen molar-refractivity contribution in [3.63, 3.8) is 0 Å². The third-order valence-electron chi connectivity index (χ3n) is 3.42. The SMILES string of the molecule is COc1ccc(Br)c(NC(C)c2cc3ccccc3o2)c1. The van der Waals surface area contributed by atoms with Crippen LogP contribution in [0.15, 0.2) is 57.4 Å². The lowest BCUT2D eigenvalue weighted by atomic mass is 10.2. The van der Waals surface area contributed by atoms with Crippen LogP contribution in [-0.2, 0) is 0 Å². The van der Waals surface area contributed by atoms with E-state index in [1.807, 2.05) is 36.4 Å². The molecule has 3 nitrogen and oxygen atoms in total. The van der Waals surface area contributed by atoms with E-state index in [0.29, 0.717) is 0 Å². The van der Waals surface area contributed by atoms with Gasteiger partial charge in [-0.25, -0.2) is 0 Å². The summed E-state index contributed by atoms with van der Waals surface area (Å²) < 4.78 is 12.1. The molecule has 21 heavy (non-hydrogen) atoms. The summed E-state index contributed by atoms with van der Waals surface area (Å²) in [6.45, 7) is 2.07. The number of furan rings is 1. The summed E-state index contributed by atoms with van der Waals surface area (Å²) >= 11 is 3.55. The Morgan fingerprint density at radius 3 is 2.71 bits per heavy atom. The van der Waals surface area contributed by atoms with Crippen LogP contribution in [0, 0.1) is 0 Å². The van der Waals surface area contributed by atoms with Gasteiger partial charge in [-0.2, -0.15) is 0 Å². The highest BCUT2D eigenvalue weighted by atomic mass is 79.9. The number of fused-ring (bicyclic) bond motifs is 1. The first-order chi connectivity index (χ1) is 10.2. The minimum absolute atomic E-state index is 0.0563. The monoisotopic (exact) mass is 345 g/mol. The Hall–Kier alpha value is -1.94. The lowest BCUT2D eigenvalue weighted by molar-refractivity contribution is 0.415. The molecule has 108 valence electrons. The minimum Gasteiger partial charge on any atom is -0.497 e. The second-order valence-corrected chi connectivity index (χ2v) is 5.75. The van der Waals surface area contributed by atoms with Crippen molar-refractivity contribution in [1.82, 2.24) is 0 Å². The first-order valence-corrected chi connectivity index (χ1v) is 7.55. The number of halogens is 1. The lowest BCUT2D eigenvalue weighted by Crippen LogP contribution is -2.06. The molecule has 2 aromatic carbocycles. The fourth-order valence-electron chi connectivity index (χ4n) is 2.26. The van der Waals surface area contributed by atoms with Crippen LogP contribution in [0.2, 0.25) is 0 Å². The van der Waals surface area contributed by atoms with Crippen LogP contribution in [-0.4, -0.2) is 7.11 Å². The van der Waals surface area contributed by atoms with Crippen molar-refractivity contribution in [2.45, 2.75) is 13.0 Å². The molecule has 1 unspecified atom stereocenters. The minimum atomic E-state index is 0.0563. The van der Waals surface area contributed by atoms with Crippen molar-refractivity contribution in [3.8, 4) is 5.75 Å². The molecule has 0 amide bonds. The van der Waals surface area contributed by atoms with E-state index in [0.717, 1.165) is 32.6 Å². The second kappa shape index (κ2) is 5.82. The van der Waals surface area contributed by atoms with E-state index >= 15 is 0 Å². The van der Waals surface area contributed by atoms with Gasteiger partial charge in [0.15, 0.2) is 0 Å². The van der Waals surface area contributed by atoms with Gasteiger partial charge in [0.05, 0.1) is 18.8 Å². The summed E-state index contributed by atoms with van der Waals surface area (Å²) in [5.74, 6) is 1.73. The van der Waals surface area contributed by atoms with Gasteiger partial charge < -0.3 is 14.5 Å². The van der Waals surface area contributed by atoms with E-state index in [4.69, 9.17) is 9.15 Å². The predicted molar refractivity (Wildman–Crippen MR) is 88.9 cm³/mol. The van der Waals surface area contributed by atoms with Crippen molar-refractivity contribution in [3.05, 3.63) is 58.8 Å². The summed E-state index contributed by atoms with van der Waals surface area (Å²) in [5, 5.41) is 4.56. The van der Waals surface area contributed by atoms with Crippen LogP contribution in [0.1, 0.15) is 18.7 Å². The third kappa shape index (κ3) is 2.90. The van der Waals surface area contributed by atoms with Crippen LogP contribution in [0.5, 0.6) is 5.75 Å². The molecule has 1 heterocycles. The number of hydrogen-bond donors (Lipinski definition) is 1. The van der Waals surface area contributed by atoms with E-state index in [9.17, 15) is 0 Å². The van der Waals surface area contributed by atoms with Gasteiger partial charge >= 0.3 is 0 Å². The molecule has 0 aliphatic rings. The van der Waals surface area contributed by atoms with Crippen LogP contribution in [0.4, 0.5) is 5.69 Å². The predicted octanol–water partition coefficient (Wildman–Crippen LogP) is 5.38. The average molecular weight is 346 g/mol. The number of para-hydroxylation sites is 1. The van der Waals surface area contributed by atoms with Crippen molar-refractivity contribution in [2.75, 3.05) is 12.4 Å². The zero-order valence-corrected chi connectivity index (χ0v) is 13.5. The molecule has 3 aromatic rings. The molecule has 0 fully saturated rings. The summed E-state index contributed by atoms with van der Waals surface area (Å²) in [4.78, 5) is 0. The highest BCUT2D eigenvalue weighted by molar-refractivity contribution is 9.10. The molecule has 0 aliphatic carbocycles. The Morgan fingerprint density at radius 1 is 1.14 bits per heavy atom. The molecule has 0 aliphatic heterocycles. The molecule has 3 rings (SSSR count). The summed E-state index contributed by atoms with van der Waals surface area (Å²) in [7, 11) is 1.66. The standard InChI is InChI=1S/C17H16BrNO2/c1-11(17-9-12-5-3-4-6-16(12)21-17)19-15-10-13(20-2)7-8-14(15)18/h3-11,19H,1-2H3. The molecular weight excluding hydrogens is 330 g/mol. The summed E-state index contributed by atoms with van der Waals surface area (Å²) in [6.07, 6.45) is 0. The smallest absolute Gasteiger partial charge is 0.134 e. The number of anilines is 1. The highest BCUT2D eigenvalue weighted by Crippen LogP contribution is 2.31. The topological polar surface area (TPSA) is 34.4 Å². The van der Waals surface area contributed by atoms with E-state index in [1.165, 1.54) is 0 Å². The number of rotatable bonds is 4. The van der Waals surface area contributed by atoms with Gasteiger partial charge in [0, 0.05) is 15.9 Å². The molecule has 1 N–H and O–H groups in total. The van der Waals surface area contributed by atoms with Gasteiger partial charge in [0.25, 0.3) is 0 Å². The van der Waals surface area contributed by atoms with Crippen LogP contribution < -0.4 is 10.1 Å². The van der Waals surface area contributed by atoms with Gasteiger partial charge in [0.2, 0.25) is 0 Å². The summed E-state index contributed by atoms with van der Waals surface area (Å²) in [5.41, 5.74) is 1.88. The van der Waals surface area contributed by atoms with E-state index < -0.39 is 0 Å². The van der Waals surface area contributed by atoms with E-state index in [1.54, 1.807) is 7.11 Å². The van der Waals surface area contributed by atoms with Gasteiger partial charge in [-0.1, -0.05) is 18.2 Å². The molecule has 0 radical (unpaired) electrons. The van der Waals surface area contributed by atoms with Crippen molar-refractivity contribution in [1.29, 1.82) is 0 Å². The van der Waals surface area contributed by atoms with Gasteiger partial charge in [0.1, 0.15) is 17.1 Å². The Bertz CT molecular complexity index is 733. The highest BCUT2D eigenvalue weighted by Gasteiger charge is 2.13. The van der Waals surface area contributed by atoms with Crippen LogP contribution >= 0.6 is 15.9 Å². The van der Waals surface area contributed by atoms with Gasteiger partial charge in [-0.15, -0.1) is 0 Å². The first-order valence-electron chi connectivity index (χ1n) is 6.76. The number of nitrogens with one attached hydrogen (secondary N) is 1. The fraction of sp³-hybridized carbons (Fsp3) is 0.176. The average Bonchev–Trinajstić information content (AvgIpc) is 2.93. The molecule has 0 spiro atoms. The Balaban J connectivity index is 1.87. The Kier molecular flexibility index (Phi) is 3.88. The second-order valence-electron chi connectivity index (χ2n) is 4.90. The lowest BCUT2D eigenvalue weighted by Gasteiger charge is -2.15. The fourth-order valence-corrected chi connectivity index (χ4v) is 2.62. The maximum absolute atomic E-state index is 5.89. The third-order valence-corrected chi connectivity index (χ3v) is 4.11. The Labute approximate surface area is 132 Å². The van der Waals surface area contributed by atoms with Gasteiger partial charge in [-0.3, -0.25) is 0 Å². The maximum Gasteiger partial charge on any atom is 0.134 e. The quantitative estimate of drug-likeness (QED) is 0.689. The van der Waals surface area contributed by atoms with E-state index in [2.05, 4.69) is 40.3 Å². The first kappa shape index (κ1) is 14.0. The molecule has 0 bridgehead atoms. The van der Waals surface area contributed by atoms with Crippen LogP contribution in [0.25, 0.3) is 11.0 Å². The van der Waals surface area contributed by atoms with E-state index in [-0.39, 0.29) is 6.04 Å². The zero-order chi connectivity index (χ0) is 14.8. The summed E-state index contributed by atoms with van der Waals surface area (Å²) in [6, 6.07) is 16.0.